The van der Waals surface area contributed by atoms with E-state index in [4.69, 9.17) is 27.9 Å². The van der Waals surface area contributed by atoms with Gasteiger partial charge in [-0.1, -0.05) is 29.3 Å². The number of ether oxygens (including phenoxy) is 1. The SMILES string of the molecule is O=C(/C=C/c1ccc(Cl)cc1Cl)NCC[NH+]1CCOCC1. The van der Waals surface area contributed by atoms with Crippen LogP contribution in [0, 0.1) is 0 Å². The summed E-state index contributed by atoms with van der Waals surface area (Å²) in [6.07, 6.45) is 3.18. The lowest BCUT2D eigenvalue weighted by molar-refractivity contribution is -0.906. The highest BCUT2D eigenvalue weighted by Crippen LogP contribution is 2.21. The number of hydrogen-bond acceptors (Lipinski definition) is 2. The van der Waals surface area contributed by atoms with Crippen molar-refractivity contribution >= 4 is 35.2 Å². The zero-order valence-corrected chi connectivity index (χ0v) is 13.2. The zero-order valence-electron chi connectivity index (χ0n) is 11.7. The number of hydrogen-bond donors (Lipinski definition) is 2. The monoisotopic (exact) mass is 329 g/mol. The lowest BCUT2D eigenvalue weighted by Gasteiger charge is -2.23. The number of quaternary nitrogens is 1. The maximum absolute atomic E-state index is 11.7. The topological polar surface area (TPSA) is 42.8 Å². The molecule has 0 spiro atoms. The van der Waals surface area contributed by atoms with Crippen LogP contribution in [0.2, 0.25) is 10.0 Å². The maximum atomic E-state index is 11.7. The van der Waals surface area contributed by atoms with Gasteiger partial charge in [0.2, 0.25) is 5.91 Å². The molecular weight excluding hydrogens is 311 g/mol. The van der Waals surface area contributed by atoms with E-state index in [0.717, 1.165) is 38.4 Å². The molecule has 1 aliphatic heterocycles. The van der Waals surface area contributed by atoms with Gasteiger partial charge in [-0.25, -0.2) is 0 Å². The number of rotatable bonds is 5. The predicted octanol–water partition coefficient (Wildman–Crippen LogP) is 1.04. The lowest BCUT2D eigenvalue weighted by Crippen LogP contribution is -3.14. The van der Waals surface area contributed by atoms with Crippen LogP contribution in [0.4, 0.5) is 0 Å². The molecule has 1 heterocycles. The largest absolute Gasteiger partial charge is 0.370 e. The van der Waals surface area contributed by atoms with Crippen molar-refractivity contribution in [3.8, 4) is 0 Å². The van der Waals surface area contributed by atoms with E-state index in [1.165, 1.54) is 11.0 Å². The fraction of sp³-hybridized carbons (Fsp3) is 0.400. The van der Waals surface area contributed by atoms with Gasteiger partial charge in [0.05, 0.1) is 26.3 Å². The molecule has 1 aromatic rings. The fourth-order valence-electron chi connectivity index (χ4n) is 2.13. The number of benzene rings is 1. The Hall–Kier alpha value is -1.07. The van der Waals surface area contributed by atoms with Crippen molar-refractivity contribution in [2.45, 2.75) is 0 Å². The van der Waals surface area contributed by atoms with E-state index in [1.807, 2.05) is 0 Å². The van der Waals surface area contributed by atoms with Gasteiger partial charge in [0, 0.05) is 16.1 Å². The van der Waals surface area contributed by atoms with Crippen LogP contribution in [0.1, 0.15) is 5.56 Å². The second-order valence-corrected chi connectivity index (χ2v) is 5.75. The van der Waals surface area contributed by atoms with Crippen molar-refractivity contribution in [3.63, 3.8) is 0 Å². The molecule has 1 saturated heterocycles. The normalized spacial score (nSPS) is 16.3. The number of halogens is 2. The van der Waals surface area contributed by atoms with Crippen LogP contribution in [-0.4, -0.2) is 45.3 Å². The Balaban J connectivity index is 1.74. The molecule has 0 saturated carbocycles. The van der Waals surface area contributed by atoms with E-state index < -0.39 is 0 Å². The highest BCUT2D eigenvalue weighted by atomic mass is 35.5. The van der Waals surface area contributed by atoms with Crippen molar-refractivity contribution in [2.24, 2.45) is 0 Å². The first-order chi connectivity index (χ1) is 10.1. The Morgan fingerprint density at radius 2 is 2.10 bits per heavy atom. The summed E-state index contributed by atoms with van der Waals surface area (Å²) in [5, 5.41) is 3.99. The molecule has 4 nitrogen and oxygen atoms in total. The molecule has 0 radical (unpaired) electrons. The van der Waals surface area contributed by atoms with Gasteiger partial charge in [-0.15, -0.1) is 0 Å². The number of carbonyl (C=O) groups is 1. The zero-order chi connectivity index (χ0) is 15.1. The van der Waals surface area contributed by atoms with Crippen molar-refractivity contribution in [3.05, 3.63) is 39.9 Å². The summed E-state index contributed by atoms with van der Waals surface area (Å²) in [5.74, 6) is -0.117. The Morgan fingerprint density at radius 1 is 1.33 bits per heavy atom. The quantitative estimate of drug-likeness (QED) is 0.793. The van der Waals surface area contributed by atoms with Crippen molar-refractivity contribution in [1.29, 1.82) is 0 Å². The van der Waals surface area contributed by atoms with Crippen LogP contribution in [-0.2, 0) is 9.53 Å². The van der Waals surface area contributed by atoms with E-state index in [9.17, 15) is 4.79 Å². The Morgan fingerprint density at radius 3 is 2.81 bits per heavy atom. The summed E-state index contributed by atoms with van der Waals surface area (Å²) in [6, 6.07) is 5.18. The highest BCUT2D eigenvalue weighted by molar-refractivity contribution is 6.35. The number of amides is 1. The van der Waals surface area contributed by atoms with Gasteiger partial charge >= 0.3 is 0 Å². The molecule has 0 atom stereocenters. The molecule has 0 aliphatic carbocycles. The standard InChI is InChI=1S/C15H18Cl2N2O2/c16-13-3-1-12(14(17)11-13)2-4-15(20)18-5-6-19-7-9-21-10-8-19/h1-4,11H,5-10H2,(H,18,20)/p+1/b4-2+. The summed E-state index contributed by atoms with van der Waals surface area (Å²) >= 11 is 11.9. The smallest absolute Gasteiger partial charge is 0.244 e. The minimum atomic E-state index is -0.117. The third-order valence-electron chi connectivity index (χ3n) is 3.35. The van der Waals surface area contributed by atoms with Crippen LogP contribution < -0.4 is 10.2 Å². The fourth-order valence-corrected chi connectivity index (χ4v) is 2.61. The average Bonchev–Trinajstić information content (AvgIpc) is 2.47. The molecule has 21 heavy (non-hydrogen) atoms. The molecule has 1 aromatic carbocycles. The first-order valence-corrected chi connectivity index (χ1v) is 7.73. The van der Waals surface area contributed by atoms with E-state index in [1.54, 1.807) is 24.3 Å². The van der Waals surface area contributed by atoms with E-state index in [2.05, 4.69) is 5.32 Å². The first kappa shape index (κ1) is 16.3. The molecule has 0 aromatic heterocycles. The van der Waals surface area contributed by atoms with Crippen LogP contribution in [0.3, 0.4) is 0 Å². The summed E-state index contributed by atoms with van der Waals surface area (Å²) < 4.78 is 5.29. The number of morpholine rings is 1. The van der Waals surface area contributed by atoms with Crippen LogP contribution in [0.5, 0.6) is 0 Å². The van der Waals surface area contributed by atoms with Gasteiger partial charge < -0.3 is 15.0 Å². The van der Waals surface area contributed by atoms with E-state index in [-0.39, 0.29) is 5.91 Å². The molecule has 114 valence electrons. The van der Waals surface area contributed by atoms with Crippen LogP contribution in [0.15, 0.2) is 24.3 Å². The Labute approximate surface area is 134 Å². The van der Waals surface area contributed by atoms with Gasteiger partial charge in [-0.3, -0.25) is 4.79 Å². The Kier molecular flexibility index (Phi) is 6.51. The molecule has 1 aliphatic rings. The summed E-state index contributed by atoms with van der Waals surface area (Å²) in [7, 11) is 0. The lowest BCUT2D eigenvalue weighted by atomic mass is 10.2. The first-order valence-electron chi connectivity index (χ1n) is 6.97. The molecule has 2 N–H and O–H groups in total. The van der Waals surface area contributed by atoms with Gasteiger partial charge in [-0.2, -0.15) is 0 Å². The van der Waals surface area contributed by atoms with Gasteiger partial charge in [0.15, 0.2) is 0 Å². The van der Waals surface area contributed by atoms with Crippen molar-refractivity contribution in [1.82, 2.24) is 5.32 Å². The van der Waals surface area contributed by atoms with E-state index >= 15 is 0 Å². The summed E-state index contributed by atoms with van der Waals surface area (Å²) in [5.41, 5.74) is 0.773. The summed E-state index contributed by atoms with van der Waals surface area (Å²) in [4.78, 5) is 13.2. The molecule has 6 heteroatoms. The summed E-state index contributed by atoms with van der Waals surface area (Å²) in [6.45, 7) is 5.20. The Bertz CT molecular complexity index is 514. The molecule has 2 rings (SSSR count). The van der Waals surface area contributed by atoms with Gasteiger partial charge in [0.25, 0.3) is 0 Å². The third-order valence-corrected chi connectivity index (χ3v) is 3.92. The maximum Gasteiger partial charge on any atom is 0.244 e. The van der Waals surface area contributed by atoms with Crippen LogP contribution >= 0.6 is 23.2 Å². The molecule has 0 unspecified atom stereocenters. The minimum Gasteiger partial charge on any atom is -0.370 e. The predicted molar refractivity (Wildman–Crippen MR) is 84.9 cm³/mol. The highest BCUT2D eigenvalue weighted by Gasteiger charge is 2.12. The average molecular weight is 330 g/mol. The van der Waals surface area contributed by atoms with Crippen molar-refractivity contribution < 1.29 is 14.4 Å². The molecular formula is C15H19Cl2N2O2+. The second kappa shape index (κ2) is 8.39. The third kappa shape index (κ3) is 5.67. The second-order valence-electron chi connectivity index (χ2n) is 4.90. The molecule has 0 bridgehead atoms. The van der Waals surface area contributed by atoms with Crippen molar-refractivity contribution in [2.75, 3.05) is 39.4 Å². The molecule has 1 amide bonds. The number of nitrogens with one attached hydrogen (secondary N) is 2. The van der Waals surface area contributed by atoms with E-state index in [0.29, 0.717) is 16.6 Å². The van der Waals surface area contributed by atoms with Gasteiger partial charge in [-0.05, 0) is 23.8 Å². The number of carbonyl (C=O) groups excluding carboxylic acids is 1. The van der Waals surface area contributed by atoms with Crippen LogP contribution in [0.25, 0.3) is 6.08 Å². The minimum absolute atomic E-state index is 0.117. The molecule has 1 fully saturated rings. The van der Waals surface area contributed by atoms with Gasteiger partial charge in [0.1, 0.15) is 13.1 Å².